The highest BCUT2D eigenvalue weighted by atomic mass is 16.2. The third-order valence-corrected chi connectivity index (χ3v) is 5.18. The summed E-state index contributed by atoms with van der Waals surface area (Å²) in [7, 11) is 1.93. The molecule has 1 fully saturated rings. The molecule has 0 radical (unpaired) electrons. The first-order chi connectivity index (χ1) is 10.9. The zero-order chi connectivity index (χ0) is 16.7. The Balaban J connectivity index is 1.74. The second-order valence-corrected chi connectivity index (χ2v) is 6.90. The van der Waals surface area contributed by atoms with Crippen molar-refractivity contribution in [1.29, 1.82) is 0 Å². The molecule has 1 aliphatic carbocycles. The maximum atomic E-state index is 12.5. The molecule has 1 unspecified atom stereocenters. The van der Waals surface area contributed by atoms with Gasteiger partial charge < -0.3 is 4.90 Å². The third kappa shape index (κ3) is 3.09. The van der Waals surface area contributed by atoms with Gasteiger partial charge in [-0.15, -0.1) is 0 Å². The Morgan fingerprint density at radius 2 is 2.09 bits per heavy atom. The molecule has 2 aromatic heterocycles. The van der Waals surface area contributed by atoms with E-state index in [0.29, 0.717) is 18.4 Å². The summed E-state index contributed by atoms with van der Waals surface area (Å²) in [5.74, 6) is 0.928. The number of rotatable bonds is 5. The number of hydrogen-bond acceptors (Lipinski definition) is 3. The van der Waals surface area contributed by atoms with E-state index in [2.05, 4.69) is 23.9 Å². The van der Waals surface area contributed by atoms with Gasteiger partial charge in [-0.1, -0.05) is 0 Å². The Bertz CT molecular complexity index is 745. The van der Waals surface area contributed by atoms with Crippen LogP contribution in [0.2, 0.25) is 0 Å². The van der Waals surface area contributed by atoms with Crippen molar-refractivity contribution in [2.24, 2.45) is 5.92 Å². The first kappa shape index (κ1) is 16.0. The summed E-state index contributed by atoms with van der Waals surface area (Å²) >= 11 is 0. The average Bonchev–Trinajstić information content (AvgIpc) is 3.28. The van der Waals surface area contributed by atoms with E-state index < -0.39 is 0 Å². The molecule has 0 saturated heterocycles. The number of fused-ring (bicyclic) bond motifs is 1. The van der Waals surface area contributed by atoms with Crippen molar-refractivity contribution in [2.75, 3.05) is 7.05 Å². The fourth-order valence-electron chi connectivity index (χ4n) is 3.33. The standard InChI is InChI=1S/C18H26N4O/c1-11-10-17-19-12(2)16(14(4)22(17)20-11)8-9-18(23)21(5)13(3)15-6-7-15/h10,13,15H,6-9H2,1-5H3. The zero-order valence-corrected chi connectivity index (χ0v) is 14.8. The summed E-state index contributed by atoms with van der Waals surface area (Å²) in [5.41, 5.74) is 5.08. The second kappa shape index (κ2) is 5.95. The van der Waals surface area contributed by atoms with Crippen molar-refractivity contribution in [3.63, 3.8) is 0 Å². The van der Waals surface area contributed by atoms with E-state index >= 15 is 0 Å². The molecular formula is C18H26N4O. The number of carbonyl (C=O) groups is 1. The molecule has 0 spiro atoms. The topological polar surface area (TPSA) is 50.5 Å². The Morgan fingerprint density at radius 3 is 2.74 bits per heavy atom. The van der Waals surface area contributed by atoms with E-state index in [9.17, 15) is 4.79 Å². The normalized spacial score (nSPS) is 15.9. The maximum absolute atomic E-state index is 12.5. The predicted octanol–water partition coefficient (Wildman–Crippen LogP) is 2.84. The SMILES string of the molecule is Cc1cc2nc(C)c(CCC(=O)N(C)C(C)C3CC3)c(C)n2n1. The van der Waals surface area contributed by atoms with Gasteiger partial charge in [0.2, 0.25) is 5.91 Å². The van der Waals surface area contributed by atoms with Gasteiger partial charge in [0.25, 0.3) is 0 Å². The van der Waals surface area contributed by atoms with Gasteiger partial charge in [0, 0.05) is 37.0 Å². The van der Waals surface area contributed by atoms with Crippen LogP contribution in [0.1, 0.15) is 48.8 Å². The minimum atomic E-state index is 0.222. The molecule has 23 heavy (non-hydrogen) atoms. The molecule has 1 aliphatic rings. The van der Waals surface area contributed by atoms with Crippen LogP contribution in [0.25, 0.3) is 5.65 Å². The average molecular weight is 314 g/mol. The van der Waals surface area contributed by atoms with Gasteiger partial charge in [-0.25, -0.2) is 9.50 Å². The van der Waals surface area contributed by atoms with Gasteiger partial charge in [0.05, 0.1) is 5.69 Å². The summed E-state index contributed by atoms with van der Waals surface area (Å²) < 4.78 is 1.89. The van der Waals surface area contributed by atoms with Gasteiger partial charge in [0.15, 0.2) is 5.65 Å². The maximum Gasteiger partial charge on any atom is 0.222 e. The smallest absolute Gasteiger partial charge is 0.222 e. The molecule has 2 heterocycles. The molecule has 1 amide bonds. The molecule has 0 aliphatic heterocycles. The van der Waals surface area contributed by atoms with Gasteiger partial charge in [-0.2, -0.15) is 5.10 Å². The number of nitrogens with zero attached hydrogens (tertiary/aromatic N) is 4. The number of aromatic nitrogens is 3. The molecule has 1 atom stereocenters. The van der Waals surface area contributed by atoms with Crippen molar-refractivity contribution in [2.45, 2.75) is 59.4 Å². The van der Waals surface area contributed by atoms with Crippen LogP contribution >= 0.6 is 0 Å². The first-order valence-corrected chi connectivity index (χ1v) is 8.46. The van der Waals surface area contributed by atoms with Crippen molar-refractivity contribution in [1.82, 2.24) is 19.5 Å². The third-order valence-electron chi connectivity index (χ3n) is 5.18. The molecule has 2 aromatic rings. The molecular weight excluding hydrogens is 288 g/mol. The highest BCUT2D eigenvalue weighted by molar-refractivity contribution is 5.76. The van der Waals surface area contributed by atoms with Crippen molar-refractivity contribution < 1.29 is 4.79 Å². The fraction of sp³-hybridized carbons (Fsp3) is 0.611. The molecule has 1 saturated carbocycles. The second-order valence-electron chi connectivity index (χ2n) is 6.90. The van der Waals surface area contributed by atoms with E-state index in [1.807, 2.05) is 36.4 Å². The quantitative estimate of drug-likeness (QED) is 0.852. The van der Waals surface area contributed by atoms with Gasteiger partial charge in [-0.05, 0) is 58.4 Å². The Morgan fingerprint density at radius 1 is 1.39 bits per heavy atom. The van der Waals surface area contributed by atoms with Crippen LogP contribution in [0.3, 0.4) is 0 Å². The Hall–Kier alpha value is -1.91. The highest BCUT2D eigenvalue weighted by Crippen LogP contribution is 2.34. The molecule has 124 valence electrons. The lowest BCUT2D eigenvalue weighted by atomic mass is 10.1. The number of carbonyl (C=O) groups excluding carboxylic acids is 1. The molecule has 0 N–H and O–H groups in total. The first-order valence-electron chi connectivity index (χ1n) is 8.46. The summed E-state index contributed by atoms with van der Waals surface area (Å²) in [4.78, 5) is 19.0. The fourth-order valence-corrected chi connectivity index (χ4v) is 3.33. The van der Waals surface area contributed by atoms with E-state index in [-0.39, 0.29) is 5.91 Å². The molecule has 3 rings (SSSR count). The Kier molecular flexibility index (Phi) is 4.13. The highest BCUT2D eigenvalue weighted by Gasteiger charge is 2.32. The van der Waals surface area contributed by atoms with Gasteiger partial charge >= 0.3 is 0 Å². The number of hydrogen-bond donors (Lipinski definition) is 0. The lowest BCUT2D eigenvalue weighted by molar-refractivity contribution is -0.132. The number of amides is 1. The molecule has 5 heteroatoms. The van der Waals surface area contributed by atoms with Crippen LogP contribution in [0.5, 0.6) is 0 Å². The summed E-state index contributed by atoms with van der Waals surface area (Å²) in [5, 5.41) is 4.50. The molecule has 5 nitrogen and oxygen atoms in total. The molecule has 0 aromatic carbocycles. The largest absolute Gasteiger partial charge is 0.343 e. The lowest BCUT2D eigenvalue weighted by Gasteiger charge is -2.25. The van der Waals surface area contributed by atoms with Crippen LogP contribution in [-0.2, 0) is 11.2 Å². The van der Waals surface area contributed by atoms with Crippen LogP contribution in [-0.4, -0.2) is 38.5 Å². The predicted molar refractivity (Wildman–Crippen MR) is 90.5 cm³/mol. The van der Waals surface area contributed by atoms with E-state index in [1.165, 1.54) is 12.8 Å². The van der Waals surface area contributed by atoms with Crippen LogP contribution in [0.15, 0.2) is 6.07 Å². The summed E-state index contributed by atoms with van der Waals surface area (Å²) in [6.07, 6.45) is 3.77. The van der Waals surface area contributed by atoms with Crippen molar-refractivity contribution in [3.05, 3.63) is 28.7 Å². The zero-order valence-electron chi connectivity index (χ0n) is 14.8. The van der Waals surface area contributed by atoms with E-state index in [0.717, 1.165) is 34.7 Å². The molecule has 0 bridgehead atoms. The monoisotopic (exact) mass is 314 g/mol. The van der Waals surface area contributed by atoms with Crippen LogP contribution in [0, 0.1) is 26.7 Å². The lowest BCUT2D eigenvalue weighted by Crippen LogP contribution is -2.36. The summed E-state index contributed by atoms with van der Waals surface area (Å²) in [6, 6.07) is 2.35. The van der Waals surface area contributed by atoms with Crippen molar-refractivity contribution in [3.8, 4) is 0 Å². The van der Waals surface area contributed by atoms with Gasteiger partial charge in [0.1, 0.15) is 0 Å². The van der Waals surface area contributed by atoms with E-state index in [1.54, 1.807) is 0 Å². The Labute approximate surface area is 137 Å². The van der Waals surface area contributed by atoms with Crippen LogP contribution in [0.4, 0.5) is 0 Å². The number of aryl methyl sites for hydroxylation is 3. The minimum absolute atomic E-state index is 0.222. The van der Waals surface area contributed by atoms with Crippen LogP contribution < -0.4 is 0 Å². The summed E-state index contributed by atoms with van der Waals surface area (Å²) in [6.45, 7) is 8.21. The van der Waals surface area contributed by atoms with E-state index in [4.69, 9.17) is 0 Å². The minimum Gasteiger partial charge on any atom is -0.343 e. The van der Waals surface area contributed by atoms with Gasteiger partial charge in [-0.3, -0.25) is 4.79 Å². The van der Waals surface area contributed by atoms with Crippen molar-refractivity contribution >= 4 is 11.6 Å².